The van der Waals surface area contributed by atoms with Crippen LogP contribution in [-0.2, 0) is 6.54 Å². The highest BCUT2D eigenvalue weighted by Crippen LogP contribution is 2.15. The molecule has 2 aromatic rings. The van der Waals surface area contributed by atoms with Gasteiger partial charge in [0.15, 0.2) is 5.11 Å². The van der Waals surface area contributed by atoms with Crippen molar-refractivity contribution in [1.29, 1.82) is 0 Å². The van der Waals surface area contributed by atoms with Gasteiger partial charge < -0.3 is 20.1 Å². The number of thiocarbonyl (C=S) groups is 1. The van der Waals surface area contributed by atoms with Gasteiger partial charge >= 0.3 is 0 Å². The van der Waals surface area contributed by atoms with Gasteiger partial charge in [-0.2, -0.15) is 0 Å². The molecule has 0 radical (unpaired) electrons. The zero-order chi connectivity index (χ0) is 16.7. The van der Waals surface area contributed by atoms with Crippen LogP contribution in [0.1, 0.15) is 19.4 Å². The molecule has 2 aromatic carbocycles. The maximum atomic E-state index is 5.62. The molecule has 0 aliphatic rings. The SMILES string of the molecule is COc1ccc(NC(=S)NCc2ccc(OC(C)C)cc2)cc1. The molecule has 5 heteroatoms. The summed E-state index contributed by atoms with van der Waals surface area (Å²) in [5.41, 5.74) is 2.06. The monoisotopic (exact) mass is 330 g/mol. The average molecular weight is 330 g/mol. The van der Waals surface area contributed by atoms with Crippen LogP contribution in [0.15, 0.2) is 48.5 Å². The Morgan fingerprint density at radius 1 is 1.00 bits per heavy atom. The normalized spacial score (nSPS) is 10.3. The van der Waals surface area contributed by atoms with Crippen molar-refractivity contribution in [3.63, 3.8) is 0 Å². The number of benzene rings is 2. The Hall–Kier alpha value is -2.27. The Morgan fingerprint density at radius 2 is 1.61 bits per heavy atom. The molecule has 2 N–H and O–H groups in total. The molecule has 23 heavy (non-hydrogen) atoms. The third-order valence-corrected chi connectivity index (χ3v) is 3.34. The van der Waals surface area contributed by atoms with Crippen LogP contribution >= 0.6 is 12.2 Å². The molecule has 0 unspecified atom stereocenters. The van der Waals surface area contributed by atoms with Crippen molar-refractivity contribution in [2.45, 2.75) is 26.5 Å². The molecular formula is C18H22N2O2S. The number of ether oxygens (including phenoxy) is 2. The van der Waals surface area contributed by atoms with Gasteiger partial charge in [0, 0.05) is 12.2 Å². The van der Waals surface area contributed by atoms with E-state index in [1.807, 2.05) is 62.4 Å². The van der Waals surface area contributed by atoms with E-state index in [-0.39, 0.29) is 6.10 Å². The summed E-state index contributed by atoms with van der Waals surface area (Å²) in [5.74, 6) is 1.70. The minimum atomic E-state index is 0.181. The molecule has 0 spiro atoms. The van der Waals surface area contributed by atoms with Crippen molar-refractivity contribution in [2.75, 3.05) is 12.4 Å². The van der Waals surface area contributed by atoms with E-state index in [0.29, 0.717) is 11.7 Å². The van der Waals surface area contributed by atoms with Crippen LogP contribution in [0, 0.1) is 0 Å². The fourth-order valence-electron chi connectivity index (χ4n) is 1.99. The van der Waals surface area contributed by atoms with Crippen molar-refractivity contribution in [3.05, 3.63) is 54.1 Å². The summed E-state index contributed by atoms with van der Waals surface area (Å²) in [6, 6.07) is 15.6. The van der Waals surface area contributed by atoms with Gasteiger partial charge in [0.05, 0.1) is 13.2 Å². The quantitative estimate of drug-likeness (QED) is 0.785. The summed E-state index contributed by atoms with van der Waals surface area (Å²) in [6.45, 7) is 4.68. The number of methoxy groups -OCH3 is 1. The van der Waals surface area contributed by atoms with Crippen LogP contribution in [0.2, 0.25) is 0 Å². The van der Waals surface area contributed by atoms with Crippen molar-refractivity contribution >= 4 is 23.0 Å². The lowest BCUT2D eigenvalue weighted by molar-refractivity contribution is 0.242. The number of rotatable bonds is 6. The van der Waals surface area contributed by atoms with E-state index in [1.54, 1.807) is 7.11 Å². The second-order valence-electron chi connectivity index (χ2n) is 5.35. The molecular weight excluding hydrogens is 308 g/mol. The summed E-state index contributed by atoms with van der Waals surface area (Å²) in [7, 11) is 1.64. The van der Waals surface area contributed by atoms with Crippen LogP contribution < -0.4 is 20.1 Å². The Kier molecular flexibility index (Phi) is 6.23. The van der Waals surface area contributed by atoms with Crippen molar-refractivity contribution in [1.82, 2.24) is 5.32 Å². The molecule has 0 aromatic heterocycles. The largest absolute Gasteiger partial charge is 0.497 e. The van der Waals surface area contributed by atoms with Crippen LogP contribution in [0.3, 0.4) is 0 Å². The third kappa shape index (κ3) is 5.79. The molecule has 0 aliphatic heterocycles. The van der Waals surface area contributed by atoms with Gasteiger partial charge in [0.25, 0.3) is 0 Å². The van der Waals surface area contributed by atoms with E-state index in [9.17, 15) is 0 Å². The fraction of sp³-hybridized carbons (Fsp3) is 0.278. The summed E-state index contributed by atoms with van der Waals surface area (Å²) in [4.78, 5) is 0. The van der Waals surface area contributed by atoms with Gasteiger partial charge in [-0.1, -0.05) is 12.1 Å². The summed E-state index contributed by atoms with van der Waals surface area (Å²) in [6.07, 6.45) is 0.181. The Bertz CT molecular complexity index is 624. The first-order valence-electron chi connectivity index (χ1n) is 7.51. The molecule has 0 aliphatic carbocycles. The second kappa shape index (κ2) is 8.39. The van der Waals surface area contributed by atoms with E-state index >= 15 is 0 Å². The van der Waals surface area contributed by atoms with Gasteiger partial charge in [0.2, 0.25) is 0 Å². The van der Waals surface area contributed by atoms with E-state index in [2.05, 4.69) is 10.6 Å². The number of hydrogen-bond donors (Lipinski definition) is 2. The standard InChI is InChI=1S/C18H22N2O2S/c1-13(2)22-17-8-4-14(5-9-17)12-19-18(23)20-15-6-10-16(21-3)11-7-15/h4-11,13H,12H2,1-3H3,(H2,19,20,23). The first-order chi connectivity index (χ1) is 11.1. The lowest BCUT2D eigenvalue weighted by Crippen LogP contribution is -2.27. The molecule has 0 heterocycles. The number of nitrogens with one attached hydrogen (secondary N) is 2. The number of hydrogen-bond acceptors (Lipinski definition) is 3. The molecule has 4 nitrogen and oxygen atoms in total. The first-order valence-corrected chi connectivity index (χ1v) is 7.92. The molecule has 0 amide bonds. The zero-order valence-corrected chi connectivity index (χ0v) is 14.4. The molecule has 0 fully saturated rings. The maximum absolute atomic E-state index is 5.62. The number of anilines is 1. The molecule has 122 valence electrons. The highest BCUT2D eigenvalue weighted by Gasteiger charge is 2.01. The lowest BCUT2D eigenvalue weighted by atomic mass is 10.2. The van der Waals surface area contributed by atoms with Gasteiger partial charge in [0.1, 0.15) is 11.5 Å². The smallest absolute Gasteiger partial charge is 0.171 e. The molecule has 2 rings (SSSR count). The zero-order valence-electron chi connectivity index (χ0n) is 13.6. The second-order valence-corrected chi connectivity index (χ2v) is 5.75. The highest BCUT2D eigenvalue weighted by atomic mass is 32.1. The van der Waals surface area contributed by atoms with Gasteiger partial charge in [-0.25, -0.2) is 0 Å². The van der Waals surface area contributed by atoms with Crippen molar-refractivity contribution in [3.8, 4) is 11.5 Å². The predicted molar refractivity (Wildman–Crippen MR) is 98.3 cm³/mol. The fourth-order valence-corrected chi connectivity index (χ4v) is 2.18. The molecule has 0 saturated carbocycles. The van der Waals surface area contributed by atoms with Gasteiger partial charge in [-0.05, 0) is 68.0 Å². The lowest BCUT2D eigenvalue weighted by Gasteiger charge is -2.12. The van der Waals surface area contributed by atoms with E-state index in [4.69, 9.17) is 21.7 Å². The Balaban J connectivity index is 1.81. The molecule has 0 saturated heterocycles. The summed E-state index contributed by atoms with van der Waals surface area (Å²) in [5, 5.41) is 6.91. The first kappa shape index (κ1) is 17.1. The van der Waals surface area contributed by atoms with Crippen LogP contribution in [-0.4, -0.2) is 18.3 Å². The molecule has 0 atom stereocenters. The predicted octanol–water partition coefficient (Wildman–Crippen LogP) is 3.97. The van der Waals surface area contributed by atoms with Crippen molar-refractivity contribution in [2.24, 2.45) is 0 Å². The van der Waals surface area contributed by atoms with E-state index in [1.165, 1.54) is 0 Å². The summed E-state index contributed by atoms with van der Waals surface area (Å²) >= 11 is 5.30. The Morgan fingerprint density at radius 3 is 2.17 bits per heavy atom. The van der Waals surface area contributed by atoms with Gasteiger partial charge in [-0.3, -0.25) is 0 Å². The van der Waals surface area contributed by atoms with Crippen LogP contribution in [0.25, 0.3) is 0 Å². The Labute approximate surface area is 142 Å². The van der Waals surface area contributed by atoms with E-state index in [0.717, 1.165) is 22.7 Å². The maximum Gasteiger partial charge on any atom is 0.171 e. The van der Waals surface area contributed by atoms with Crippen LogP contribution in [0.4, 0.5) is 5.69 Å². The average Bonchev–Trinajstić information content (AvgIpc) is 2.54. The topological polar surface area (TPSA) is 42.5 Å². The highest BCUT2D eigenvalue weighted by molar-refractivity contribution is 7.80. The van der Waals surface area contributed by atoms with Gasteiger partial charge in [-0.15, -0.1) is 0 Å². The minimum Gasteiger partial charge on any atom is -0.497 e. The third-order valence-electron chi connectivity index (χ3n) is 3.10. The van der Waals surface area contributed by atoms with Crippen molar-refractivity contribution < 1.29 is 9.47 Å². The van der Waals surface area contributed by atoms with E-state index < -0.39 is 0 Å². The van der Waals surface area contributed by atoms with Crippen LogP contribution in [0.5, 0.6) is 11.5 Å². The summed E-state index contributed by atoms with van der Waals surface area (Å²) < 4.78 is 10.8. The molecule has 0 bridgehead atoms. The minimum absolute atomic E-state index is 0.181.